The Morgan fingerprint density at radius 3 is 0.857 bits per heavy atom. The summed E-state index contributed by atoms with van der Waals surface area (Å²) in [6, 6.07) is 0. The van der Waals surface area contributed by atoms with Gasteiger partial charge >= 0.3 is 5.97 Å². The average Bonchev–Trinajstić information content (AvgIpc) is 1.94. The van der Waals surface area contributed by atoms with Crippen LogP contribution in [0.4, 0.5) is 0 Å². The largest absolute Gasteiger partial charge is 0.339 e. The van der Waals surface area contributed by atoms with Crippen LogP contribution in [0.25, 0.3) is 0 Å². The first kappa shape index (κ1) is 175. The standard InChI is InChI=1S/C2H4O3.C2H6.CH5P.12CH4/c1-2(3)5-4;2*1-2;;;;;;;;;;;;/h4H,1H3;1-2H3;2H2,1H3;12*1H4/i;;2T;;;;;;;;;;;;. The van der Waals surface area contributed by atoms with Gasteiger partial charge in [-0.15, -0.1) is 9.18 Å². The summed E-state index contributed by atoms with van der Waals surface area (Å²) in [4.78, 5) is 12.5. The monoisotopic (exact) mass is 348 g/mol. The Morgan fingerprint density at radius 2 is 0.857 bits per heavy atom. The van der Waals surface area contributed by atoms with E-state index in [1.807, 2.05) is 20.5 Å². The second-order valence-electron chi connectivity index (χ2n) is 0.583. The van der Waals surface area contributed by atoms with Crippen LogP contribution in [0, 0.1) is 0 Å². The van der Waals surface area contributed by atoms with Gasteiger partial charge < -0.3 is 4.89 Å². The zero-order chi connectivity index (χ0) is 8.99. The molecule has 1 unspecified atom stereocenters. The summed E-state index contributed by atoms with van der Waals surface area (Å²) in [5, 5.41) is 7.29. The molecule has 0 rings (SSSR count). The molecule has 3 nitrogen and oxygen atoms in total. The van der Waals surface area contributed by atoms with E-state index in [0.717, 1.165) is 6.92 Å². The van der Waals surface area contributed by atoms with Crippen molar-refractivity contribution in [1.29, 1.82) is 1.28 Å². The summed E-state index contributed by atoms with van der Waals surface area (Å²) >= 11 is 0. The van der Waals surface area contributed by atoms with Gasteiger partial charge in [-0.3, -0.25) is 0 Å². The van der Waals surface area contributed by atoms with Crippen LogP contribution in [0.3, 0.4) is 0 Å². The van der Waals surface area contributed by atoms with E-state index in [2.05, 4.69) is 4.89 Å². The third kappa shape index (κ3) is 1830. The van der Waals surface area contributed by atoms with E-state index in [0.29, 0.717) is 9.18 Å². The maximum Gasteiger partial charge on any atom is 0.339 e. The molecular formula is C17H63O3P. The molecule has 154 valence electrons. The average molecular weight is 349 g/mol. The number of hydrogen-bond acceptors (Lipinski definition) is 3. The predicted molar refractivity (Wildman–Crippen MR) is 122 cm³/mol. The van der Waals surface area contributed by atoms with Crippen molar-refractivity contribution in [3.05, 3.63) is 0 Å². The van der Waals surface area contributed by atoms with Crippen LogP contribution in [-0.4, -0.2) is 19.2 Å². The van der Waals surface area contributed by atoms with Crippen molar-refractivity contribution >= 4 is 15.2 Å². The molecule has 1 atom stereocenters. The second kappa shape index (κ2) is 474. The maximum absolute atomic E-state index is 9.34. The molecule has 0 amide bonds. The highest BCUT2D eigenvalue weighted by atomic mass is 31.0. The predicted octanol–water partition coefficient (Wildman–Crippen LogP) is 9.17. The molecule has 21 heavy (non-hydrogen) atoms. The third-order valence-corrected chi connectivity index (χ3v) is 0.129. The molecule has 0 saturated carbocycles. The Hall–Kier alpha value is -0.140. The van der Waals surface area contributed by atoms with E-state index in [1.54, 1.807) is 0 Å². The van der Waals surface area contributed by atoms with E-state index in [9.17, 15) is 4.79 Å². The highest BCUT2D eigenvalue weighted by Gasteiger charge is 1.79. The lowest BCUT2D eigenvalue weighted by Gasteiger charge is -1.76. The molecule has 0 aromatic heterocycles. The van der Waals surface area contributed by atoms with Gasteiger partial charge in [0.05, 0.1) is 1.28 Å². The molecule has 1 N–H and O–H groups in total. The molecule has 0 aliphatic carbocycles. The van der Waals surface area contributed by atoms with Gasteiger partial charge in [-0.25, -0.2) is 4.79 Å². The van der Waals surface area contributed by atoms with Gasteiger partial charge in [-0.2, -0.15) is 5.26 Å². The molecule has 0 radical (unpaired) electrons. The van der Waals surface area contributed by atoms with Crippen LogP contribution in [0.5, 0.6) is 0 Å². The first-order valence-electron chi connectivity index (χ1n) is 3.09. The summed E-state index contributed by atoms with van der Waals surface area (Å²) in [5.41, 5.74) is 0. The SMILES string of the molecule is C.C.C.C.C.C.C.C.C.C.C.C.CC.CC(=O)OO.[3H]PC. The highest BCUT2D eigenvalue weighted by molar-refractivity contribution is 7.15. The Morgan fingerprint density at radius 1 is 0.810 bits per heavy atom. The minimum atomic E-state index is -0.690. The van der Waals surface area contributed by atoms with Crippen LogP contribution in [0.15, 0.2) is 0 Å². The molecule has 0 saturated heterocycles. The van der Waals surface area contributed by atoms with Crippen LogP contribution in [0.2, 0.25) is 0 Å². The van der Waals surface area contributed by atoms with Crippen molar-refractivity contribution in [3.63, 3.8) is 0 Å². The molecule has 0 heterocycles. The molecule has 0 bridgehead atoms. The van der Waals surface area contributed by atoms with Crippen LogP contribution < -0.4 is 0 Å². The van der Waals surface area contributed by atoms with Gasteiger partial charge in [0.15, 0.2) is 0 Å². The first-order valence-corrected chi connectivity index (χ1v) is 3.59. The van der Waals surface area contributed by atoms with Crippen LogP contribution >= 0.6 is 9.18 Å². The Labute approximate surface area is 148 Å². The molecular weight excluding hydrogens is 283 g/mol. The maximum atomic E-state index is 9.34. The van der Waals surface area contributed by atoms with Crippen molar-refractivity contribution in [3.8, 4) is 0 Å². The number of carbonyl (C=O) groups is 1. The van der Waals surface area contributed by atoms with Gasteiger partial charge in [0.1, 0.15) is 0 Å². The van der Waals surface area contributed by atoms with E-state index in [4.69, 9.17) is 6.54 Å². The minimum absolute atomic E-state index is 0. The normalized spacial score (nSPS) is 3.38. The fourth-order valence-electron chi connectivity index (χ4n) is 0. The van der Waals surface area contributed by atoms with Crippen LogP contribution in [-0.2, 0) is 9.68 Å². The smallest absolute Gasteiger partial charge is 0.301 e. The lowest BCUT2D eigenvalue weighted by atomic mass is 10.9. The van der Waals surface area contributed by atoms with Gasteiger partial charge in [0.25, 0.3) is 0 Å². The first-order chi connectivity index (χ1) is 4.68. The van der Waals surface area contributed by atoms with Gasteiger partial charge in [-0.05, 0) is 0 Å². The Balaban J connectivity index is -0.00000000210. The zero-order valence-electron chi connectivity index (χ0n) is 7.26. The summed E-state index contributed by atoms with van der Waals surface area (Å²) in [7, 11) is 0.333. The summed E-state index contributed by atoms with van der Waals surface area (Å²) in [5.74, 6) is -0.690. The van der Waals surface area contributed by atoms with Gasteiger partial charge in [-0.1, -0.05) is 110 Å². The third-order valence-electron chi connectivity index (χ3n) is 0.129. The number of carbonyl (C=O) groups excluding carboxylic acids is 1. The molecule has 0 fully saturated rings. The Kier molecular flexibility index (Phi) is 3950. The fourth-order valence-corrected chi connectivity index (χ4v) is 0. The molecule has 0 spiro atoms. The van der Waals surface area contributed by atoms with E-state index in [-0.39, 0.29) is 89.1 Å². The fraction of sp³-hybridized carbons (Fsp3) is 0.941. The molecule has 0 aliphatic heterocycles. The molecule has 4 heteroatoms. The zero-order valence-corrected chi connectivity index (χ0v) is 7.26. The van der Waals surface area contributed by atoms with Crippen LogP contribution in [0.1, 0.15) is 110 Å². The summed E-state index contributed by atoms with van der Waals surface area (Å²) in [6.45, 7) is 6.93. The van der Waals surface area contributed by atoms with E-state index < -0.39 is 5.97 Å². The number of hydrogen-bond donors (Lipinski definition) is 1. The quantitative estimate of drug-likeness (QED) is 0.269. The Bertz CT molecular complexity index is 67.9. The topological polar surface area (TPSA) is 46.5 Å². The molecule has 0 aliphatic rings. The number of rotatable bonds is 0. The van der Waals surface area contributed by atoms with E-state index in [1.165, 1.54) is 0 Å². The van der Waals surface area contributed by atoms with E-state index >= 15 is 0 Å². The van der Waals surface area contributed by atoms with Crippen molar-refractivity contribution in [2.75, 3.05) is 6.66 Å². The second-order valence-corrected chi connectivity index (χ2v) is 0.583. The van der Waals surface area contributed by atoms with Crippen molar-refractivity contribution < 1.29 is 14.9 Å². The summed E-state index contributed by atoms with van der Waals surface area (Å²) < 4.78 is 6.24. The minimum Gasteiger partial charge on any atom is -0.301 e. The lowest BCUT2D eigenvalue weighted by Crippen LogP contribution is -1.89. The highest BCUT2D eigenvalue weighted by Crippen LogP contribution is 1.59. The van der Waals surface area contributed by atoms with Crippen molar-refractivity contribution in [1.82, 2.24) is 0 Å². The lowest BCUT2D eigenvalue weighted by molar-refractivity contribution is -0.231. The van der Waals surface area contributed by atoms with Gasteiger partial charge in [0.2, 0.25) is 0 Å². The molecule has 0 aromatic rings. The van der Waals surface area contributed by atoms with Crippen molar-refractivity contribution in [2.24, 2.45) is 0 Å². The van der Waals surface area contributed by atoms with Gasteiger partial charge in [0, 0.05) is 6.92 Å². The molecule has 0 aromatic carbocycles. The van der Waals surface area contributed by atoms with Crippen molar-refractivity contribution in [2.45, 2.75) is 110 Å². The summed E-state index contributed by atoms with van der Waals surface area (Å²) in [6.07, 6.45) is 0.